The molecule has 252 valence electrons. The molecule has 5 rings (SSSR count). The van der Waals surface area contributed by atoms with Crippen LogP contribution in [-0.2, 0) is 40.7 Å². The maximum Gasteiger partial charge on any atom is 0.410 e. The Morgan fingerprint density at radius 3 is 2.46 bits per heavy atom. The minimum atomic E-state index is -0.801. The van der Waals surface area contributed by atoms with Crippen LogP contribution in [-0.4, -0.2) is 57.2 Å². The Bertz CT molecular complexity index is 1950. The number of nitrogens with zero attached hydrogens (tertiary/aromatic N) is 4. The number of imidazole rings is 1. The highest BCUT2D eigenvalue weighted by Gasteiger charge is 2.24. The summed E-state index contributed by atoms with van der Waals surface area (Å²) in [6, 6.07) is 10.7. The van der Waals surface area contributed by atoms with Crippen LogP contribution in [0.1, 0.15) is 37.6 Å². The second-order valence-electron chi connectivity index (χ2n) is 12.2. The van der Waals surface area contributed by atoms with Gasteiger partial charge in [-0.15, -0.1) is 11.3 Å². The van der Waals surface area contributed by atoms with Crippen molar-refractivity contribution in [2.75, 3.05) is 20.3 Å². The van der Waals surface area contributed by atoms with E-state index in [2.05, 4.69) is 9.97 Å². The van der Waals surface area contributed by atoms with Gasteiger partial charge in [-0.3, -0.25) is 9.78 Å². The van der Waals surface area contributed by atoms with Gasteiger partial charge in [-0.25, -0.2) is 22.9 Å². The molecule has 13 heteroatoms. The summed E-state index contributed by atoms with van der Waals surface area (Å²) in [4.78, 5) is 36.8. The number of methoxy groups -OCH3 is 1. The molecule has 0 fully saturated rings. The smallest absolute Gasteiger partial charge is 0.410 e. The second kappa shape index (κ2) is 14.6. The molecule has 9 nitrogen and oxygen atoms in total. The Labute approximate surface area is 279 Å². The van der Waals surface area contributed by atoms with Gasteiger partial charge in [0.25, 0.3) is 0 Å². The van der Waals surface area contributed by atoms with Crippen LogP contribution in [0.3, 0.4) is 0 Å². The van der Waals surface area contributed by atoms with Gasteiger partial charge in [0.2, 0.25) is 0 Å². The number of pyridine rings is 1. The van der Waals surface area contributed by atoms with E-state index >= 15 is 4.39 Å². The Balaban J connectivity index is 1.31. The first-order chi connectivity index (χ1) is 22.8. The highest BCUT2D eigenvalue weighted by atomic mass is 32.1. The zero-order valence-corrected chi connectivity index (χ0v) is 28.0. The SMILES string of the molecule is COCCN(Cc1cnc(-c2cc3nccc(Oc4ccc(CC(=O)Cc5ccc(F)cc5F)cc4F)c3s2)n1C)C(=O)OC(C)(C)C. The van der Waals surface area contributed by atoms with Gasteiger partial charge in [-0.05, 0) is 56.2 Å². The first kappa shape index (κ1) is 34.6. The van der Waals surface area contributed by atoms with Crippen molar-refractivity contribution in [3.8, 4) is 22.2 Å². The number of Topliss-reactive ketones (excluding diaryl/α,β-unsaturated/α-hetero) is 1. The van der Waals surface area contributed by atoms with Gasteiger partial charge in [0.15, 0.2) is 11.6 Å². The highest BCUT2D eigenvalue weighted by Crippen LogP contribution is 2.39. The Morgan fingerprint density at radius 2 is 1.75 bits per heavy atom. The van der Waals surface area contributed by atoms with E-state index in [1.807, 2.05) is 38.5 Å². The van der Waals surface area contributed by atoms with Crippen LogP contribution in [0.2, 0.25) is 0 Å². The lowest BCUT2D eigenvalue weighted by Gasteiger charge is -2.27. The van der Waals surface area contributed by atoms with Crippen LogP contribution in [0.5, 0.6) is 11.5 Å². The van der Waals surface area contributed by atoms with E-state index in [1.54, 1.807) is 36.5 Å². The van der Waals surface area contributed by atoms with Crippen molar-refractivity contribution in [2.45, 2.75) is 45.8 Å². The van der Waals surface area contributed by atoms with Crippen LogP contribution >= 0.6 is 11.3 Å². The van der Waals surface area contributed by atoms with E-state index in [0.29, 0.717) is 40.5 Å². The van der Waals surface area contributed by atoms with Gasteiger partial charge in [0.05, 0.1) is 40.1 Å². The van der Waals surface area contributed by atoms with Crippen molar-refractivity contribution >= 4 is 33.4 Å². The lowest BCUT2D eigenvalue weighted by Crippen LogP contribution is -2.38. The predicted molar refractivity (Wildman–Crippen MR) is 176 cm³/mol. The third-order valence-corrected chi connectivity index (χ3v) is 8.41. The van der Waals surface area contributed by atoms with Gasteiger partial charge >= 0.3 is 6.09 Å². The third kappa shape index (κ3) is 8.39. The fourth-order valence-electron chi connectivity index (χ4n) is 4.91. The quantitative estimate of drug-likeness (QED) is 0.134. The molecule has 0 aliphatic rings. The molecule has 0 aliphatic heterocycles. The highest BCUT2D eigenvalue weighted by molar-refractivity contribution is 7.22. The number of ketones is 1. The molecule has 0 aliphatic carbocycles. The molecule has 1 amide bonds. The summed E-state index contributed by atoms with van der Waals surface area (Å²) in [5.74, 6) is -1.56. The van der Waals surface area contributed by atoms with Crippen molar-refractivity contribution in [1.82, 2.24) is 19.4 Å². The number of amides is 1. The topological polar surface area (TPSA) is 95.8 Å². The summed E-state index contributed by atoms with van der Waals surface area (Å²) in [6.45, 7) is 6.36. The number of ether oxygens (including phenoxy) is 3. The molecule has 3 aromatic heterocycles. The number of hydrogen-bond donors (Lipinski definition) is 0. The molecular formula is C35H35F3N4O5S. The third-order valence-electron chi connectivity index (χ3n) is 7.27. The van der Waals surface area contributed by atoms with Crippen molar-refractivity contribution in [3.05, 3.63) is 95.2 Å². The van der Waals surface area contributed by atoms with Crippen LogP contribution in [0.25, 0.3) is 20.9 Å². The van der Waals surface area contributed by atoms with Crippen LogP contribution < -0.4 is 4.74 Å². The molecule has 0 N–H and O–H groups in total. The monoisotopic (exact) mass is 680 g/mol. The van der Waals surface area contributed by atoms with E-state index in [9.17, 15) is 18.4 Å². The van der Waals surface area contributed by atoms with Crippen molar-refractivity contribution in [3.63, 3.8) is 0 Å². The molecule has 0 radical (unpaired) electrons. The second-order valence-corrected chi connectivity index (χ2v) is 13.2. The number of fused-ring (bicyclic) bond motifs is 1. The molecule has 3 heterocycles. The van der Waals surface area contributed by atoms with Gasteiger partial charge in [0.1, 0.15) is 34.6 Å². The maximum atomic E-state index is 15.2. The van der Waals surface area contributed by atoms with Gasteiger partial charge in [-0.2, -0.15) is 0 Å². The van der Waals surface area contributed by atoms with Gasteiger partial charge in [-0.1, -0.05) is 12.1 Å². The Hall–Kier alpha value is -4.75. The number of carbonyl (C=O) groups excluding carboxylic acids is 2. The summed E-state index contributed by atoms with van der Waals surface area (Å²) in [5.41, 5.74) is 1.22. The zero-order chi connectivity index (χ0) is 34.6. The van der Waals surface area contributed by atoms with Gasteiger partial charge < -0.3 is 23.7 Å². The number of carbonyl (C=O) groups is 2. The van der Waals surface area contributed by atoms with Crippen LogP contribution in [0.4, 0.5) is 18.0 Å². The number of aromatic nitrogens is 3. The van der Waals surface area contributed by atoms with E-state index in [4.69, 9.17) is 14.2 Å². The fraction of sp³-hybridized carbons (Fsp3) is 0.314. The zero-order valence-electron chi connectivity index (χ0n) is 27.2. The summed E-state index contributed by atoms with van der Waals surface area (Å²) in [6.07, 6.45) is 2.44. The first-order valence-corrected chi connectivity index (χ1v) is 15.9. The molecule has 0 unspecified atom stereocenters. The summed E-state index contributed by atoms with van der Waals surface area (Å²) in [5, 5.41) is 0. The van der Waals surface area contributed by atoms with E-state index in [1.165, 1.54) is 29.5 Å². The molecule has 0 bridgehead atoms. The number of rotatable bonds is 12. The van der Waals surface area contributed by atoms with Crippen LogP contribution in [0.15, 0.2) is 60.9 Å². The van der Waals surface area contributed by atoms with Gasteiger partial charge in [0, 0.05) is 51.9 Å². The molecule has 5 aromatic rings. The number of hydrogen-bond acceptors (Lipinski definition) is 8. The molecule has 2 aromatic carbocycles. The normalized spacial score (nSPS) is 11.6. The van der Waals surface area contributed by atoms with E-state index in [0.717, 1.165) is 22.7 Å². The summed E-state index contributed by atoms with van der Waals surface area (Å²) in [7, 11) is 3.42. The van der Waals surface area contributed by atoms with E-state index in [-0.39, 0.29) is 36.5 Å². The van der Waals surface area contributed by atoms with Crippen molar-refractivity contribution in [1.29, 1.82) is 0 Å². The average molecular weight is 681 g/mol. The molecule has 48 heavy (non-hydrogen) atoms. The average Bonchev–Trinajstić information content (AvgIpc) is 3.60. The molecule has 0 spiro atoms. The van der Waals surface area contributed by atoms with Crippen molar-refractivity contribution in [2.24, 2.45) is 7.05 Å². The fourth-order valence-corrected chi connectivity index (χ4v) is 6.01. The summed E-state index contributed by atoms with van der Waals surface area (Å²) < 4.78 is 61.6. The standard InChI is InChI=1S/C35H35F3N4O5S/c1-35(2,3)47-34(44)42(12-13-45-5)20-24-19-40-33(41(24)4)31-18-28-32(48-31)30(10-11-39-28)46-29-9-6-21(15-27(29)38)14-25(43)16-22-7-8-23(36)17-26(22)37/h6-11,15,17-19H,12-14,16,20H2,1-5H3. The van der Waals surface area contributed by atoms with E-state index < -0.39 is 29.1 Å². The Morgan fingerprint density at radius 1 is 0.958 bits per heavy atom. The largest absolute Gasteiger partial charge is 0.453 e. The van der Waals surface area contributed by atoms with Crippen molar-refractivity contribution < 1.29 is 37.0 Å². The number of benzene rings is 2. The number of halogens is 3. The lowest BCUT2D eigenvalue weighted by atomic mass is 10.0. The first-order valence-electron chi connectivity index (χ1n) is 15.1. The maximum absolute atomic E-state index is 15.2. The van der Waals surface area contributed by atoms with Crippen LogP contribution in [0, 0.1) is 17.5 Å². The predicted octanol–water partition coefficient (Wildman–Crippen LogP) is 7.64. The molecule has 0 atom stereocenters. The number of thiophene rings is 1. The lowest BCUT2D eigenvalue weighted by molar-refractivity contribution is -0.117. The minimum Gasteiger partial charge on any atom is -0.453 e. The molecule has 0 saturated carbocycles. The molecule has 0 saturated heterocycles. The molecular weight excluding hydrogens is 645 g/mol. The Kier molecular flexibility index (Phi) is 10.5. The summed E-state index contributed by atoms with van der Waals surface area (Å²) >= 11 is 1.37. The minimum absolute atomic E-state index is 0.0456.